The van der Waals surface area contributed by atoms with E-state index in [-0.39, 0.29) is 28.4 Å². The largest absolute Gasteiger partial charge is 0.300 e. The van der Waals surface area contributed by atoms with E-state index in [1.54, 1.807) is 6.07 Å². The topological polar surface area (TPSA) is 37.4 Å². The van der Waals surface area contributed by atoms with Gasteiger partial charge in [0.15, 0.2) is 0 Å². The van der Waals surface area contributed by atoms with Gasteiger partial charge >= 0.3 is 0 Å². The molecule has 6 heteroatoms. The second kappa shape index (κ2) is 4.93. The van der Waals surface area contributed by atoms with Crippen LogP contribution in [0.25, 0.3) is 0 Å². The maximum Gasteiger partial charge on any atom is 0.299 e. The number of anilines is 1. The lowest BCUT2D eigenvalue weighted by atomic mass is 10.1. The van der Waals surface area contributed by atoms with Crippen LogP contribution in [0.5, 0.6) is 0 Å². The summed E-state index contributed by atoms with van der Waals surface area (Å²) < 4.78 is 27.4. The van der Waals surface area contributed by atoms with Crippen LogP contribution in [0, 0.1) is 11.6 Å². The molecule has 1 aliphatic heterocycles. The van der Waals surface area contributed by atoms with Crippen molar-refractivity contribution in [3.05, 3.63) is 64.2 Å². The van der Waals surface area contributed by atoms with Crippen LogP contribution < -0.4 is 4.90 Å². The van der Waals surface area contributed by atoms with Gasteiger partial charge in [-0.1, -0.05) is 23.7 Å². The Balaban J connectivity index is 2.07. The molecule has 0 aliphatic carbocycles. The molecule has 0 unspecified atom stereocenters. The number of amides is 1. The fourth-order valence-corrected chi connectivity index (χ4v) is 2.56. The highest BCUT2D eigenvalue weighted by molar-refractivity contribution is 6.55. The van der Waals surface area contributed by atoms with Crippen LogP contribution in [0.4, 0.5) is 14.5 Å². The van der Waals surface area contributed by atoms with Crippen molar-refractivity contribution in [2.45, 2.75) is 6.54 Å². The Hall–Kier alpha value is -2.27. The summed E-state index contributed by atoms with van der Waals surface area (Å²) in [6.45, 7) is -0.365. The predicted molar refractivity (Wildman–Crippen MR) is 73.3 cm³/mol. The van der Waals surface area contributed by atoms with Crippen molar-refractivity contribution < 1.29 is 18.4 Å². The molecule has 3 rings (SSSR count). The number of rotatable bonds is 2. The summed E-state index contributed by atoms with van der Waals surface area (Å²) in [5.41, 5.74) is 0.0625. The molecule has 0 radical (unpaired) electrons. The average molecular weight is 308 g/mol. The fraction of sp³-hybridized carbons (Fsp3) is 0.0667. The lowest BCUT2D eigenvalue weighted by Gasteiger charge is -2.17. The molecule has 2 aromatic rings. The highest BCUT2D eigenvalue weighted by Gasteiger charge is 2.38. The van der Waals surface area contributed by atoms with Gasteiger partial charge in [-0.25, -0.2) is 8.78 Å². The Bertz CT molecular complexity index is 756. The van der Waals surface area contributed by atoms with Crippen LogP contribution in [0.15, 0.2) is 36.4 Å². The molecule has 0 saturated carbocycles. The Kier molecular flexibility index (Phi) is 3.22. The number of ketones is 1. The summed E-state index contributed by atoms with van der Waals surface area (Å²) in [6, 6.07) is 7.99. The number of carbonyl (C=O) groups is 2. The van der Waals surface area contributed by atoms with Crippen molar-refractivity contribution >= 4 is 29.0 Å². The van der Waals surface area contributed by atoms with Gasteiger partial charge in [-0.2, -0.15) is 0 Å². The molecule has 0 aromatic heterocycles. The summed E-state index contributed by atoms with van der Waals surface area (Å²) in [6.07, 6.45) is 0. The Morgan fingerprint density at radius 3 is 2.29 bits per heavy atom. The number of carbonyl (C=O) groups excluding carboxylic acids is 2. The summed E-state index contributed by atoms with van der Waals surface area (Å²) in [4.78, 5) is 25.0. The predicted octanol–water partition coefficient (Wildman–Crippen LogP) is 3.35. The van der Waals surface area contributed by atoms with Crippen LogP contribution in [-0.2, 0) is 11.3 Å². The number of hydrogen-bond acceptors (Lipinski definition) is 2. The van der Waals surface area contributed by atoms with E-state index < -0.39 is 23.3 Å². The van der Waals surface area contributed by atoms with Crippen molar-refractivity contribution in [2.75, 3.05) is 4.90 Å². The third-order valence-electron chi connectivity index (χ3n) is 3.33. The molecular formula is C15H8ClF2NO2. The van der Waals surface area contributed by atoms with E-state index in [2.05, 4.69) is 0 Å². The smallest absolute Gasteiger partial charge is 0.299 e. The molecule has 0 fully saturated rings. The zero-order valence-electron chi connectivity index (χ0n) is 10.6. The van der Waals surface area contributed by atoms with Gasteiger partial charge in [0.25, 0.3) is 11.7 Å². The van der Waals surface area contributed by atoms with Gasteiger partial charge in [0.2, 0.25) is 0 Å². The van der Waals surface area contributed by atoms with E-state index in [1.165, 1.54) is 18.2 Å². The van der Waals surface area contributed by atoms with Crippen LogP contribution in [-0.4, -0.2) is 11.7 Å². The Morgan fingerprint density at radius 1 is 1.00 bits per heavy atom. The molecule has 21 heavy (non-hydrogen) atoms. The maximum atomic E-state index is 13.7. The van der Waals surface area contributed by atoms with E-state index in [1.807, 2.05) is 0 Å². The number of halogens is 3. The summed E-state index contributed by atoms with van der Waals surface area (Å²) in [7, 11) is 0. The first kappa shape index (κ1) is 13.7. The van der Waals surface area contributed by atoms with Crippen molar-refractivity contribution in [2.24, 2.45) is 0 Å². The minimum absolute atomic E-state index is 0.0703. The Labute approximate surface area is 123 Å². The molecule has 0 bridgehead atoms. The molecule has 0 spiro atoms. The fourth-order valence-electron chi connectivity index (χ4n) is 2.30. The normalized spacial score (nSPS) is 13.8. The van der Waals surface area contributed by atoms with Gasteiger partial charge in [0.1, 0.15) is 11.6 Å². The number of fused-ring (bicyclic) bond motifs is 1. The van der Waals surface area contributed by atoms with Crippen LogP contribution in [0.2, 0.25) is 5.02 Å². The van der Waals surface area contributed by atoms with Crippen LogP contribution in [0.3, 0.4) is 0 Å². The van der Waals surface area contributed by atoms with Crippen molar-refractivity contribution in [3.8, 4) is 0 Å². The minimum atomic E-state index is -0.847. The Morgan fingerprint density at radius 2 is 1.62 bits per heavy atom. The molecular weight excluding hydrogens is 300 g/mol. The third-order valence-corrected chi connectivity index (χ3v) is 3.64. The quantitative estimate of drug-likeness (QED) is 0.798. The second-order valence-corrected chi connectivity index (χ2v) is 4.96. The second-order valence-electron chi connectivity index (χ2n) is 4.55. The van der Waals surface area contributed by atoms with E-state index >= 15 is 0 Å². The molecule has 0 atom stereocenters. The monoisotopic (exact) mass is 307 g/mol. The van der Waals surface area contributed by atoms with E-state index in [9.17, 15) is 18.4 Å². The minimum Gasteiger partial charge on any atom is -0.300 e. The molecule has 0 N–H and O–H groups in total. The van der Waals surface area contributed by atoms with Gasteiger partial charge in [-0.05, 0) is 24.3 Å². The van der Waals surface area contributed by atoms with Gasteiger partial charge < -0.3 is 4.90 Å². The standard InChI is InChI=1S/C15H8ClF2NO2/c16-9-3-1-6-12-13(9)14(20)15(21)19(12)7-8-10(17)4-2-5-11(8)18/h1-6H,7H2. The first-order chi connectivity index (χ1) is 10.0. The molecule has 106 valence electrons. The van der Waals surface area contributed by atoms with Gasteiger partial charge in [-0.3, -0.25) is 9.59 Å². The van der Waals surface area contributed by atoms with Crippen molar-refractivity contribution in [1.29, 1.82) is 0 Å². The summed E-state index contributed by atoms with van der Waals surface area (Å²) in [5.74, 6) is -3.16. The molecule has 0 saturated heterocycles. The number of hydrogen-bond donors (Lipinski definition) is 0. The maximum absolute atomic E-state index is 13.7. The summed E-state index contributed by atoms with van der Waals surface area (Å²) >= 11 is 5.91. The van der Waals surface area contributed by atoms with E-state index in [4.69, 9.17) is 11.6 Å². The SMILES string of the molecule is O=C1C(=O)N(Cc2c(F)cccc2F)c2cccc(Cl)c21. The zero-order chi connectivity index (χ0) is 15.1. The van der Waals surface area contributed by atoms with Gasteiger partial charge in [-0.15, -0.1) is 0 Å². The van der Waals surface area contributed by atoms with Crippen LogP contribution in [0.1, 0.15) is 15.9 Å². The highest BCUT2D eigenvalue weighted by Crippen LogP contribution is 2.35. The first-order valence-corrected chi connectivity index (χ1v) is 6.46. The summed E-state index contributed by atoms with van der Waals surface area (Å²) in [5, 5.41) is 0.141. The van der Waals surface area contributed by atoms with Crippen molar-refractivity contribution in [3.63, 3.8) is 0 Å². The number of nitrogens with zero attached hydrogens (tertiary/aromatic N) is 1. The zero-order valence-corrected chi connectivity index (χ0v) is 11.3. The third kappa shape index (κ3) is 2.10. The lowest BCUT2D eigenvalue weighted by molar-refractivity contribution is -0.114. The van der Waals surface area contributed by atoms with Gasteiger partial charge in [0.05, 0.1) is 22.8 Å². The number of benzene rings is 2. The molecule has 1 heterocycles. The first-order valence-electron chi connectivity index (χ1n) is 6.08. The molecule has 1 amide bonds. The molecule has 3 nitrogen and oxygen atoms in total. The van der Waals surface area contributed by atoms with Crippen LogP contribution >= 0.6 is 11.6 Å². The van der Waals surface area contributed by atoms with E-state index in [0.717, 1.165) is 17.0 Å². The van der Waals surface area contributed by atoms with Gasteiger partial charge in [0, 0.05) is 5.56 Å². The highest BCUT2D eigenvalue weighted by atomic mass is 35.5. The average Bonchev–Trinajstić information content (AvgIpc) is 2.68. The molecule has 2 aromatic carbocycles. The number of Topliss-reactive ketones (excluding diaryl/α,β-unsaturated/α-hetero) is 1. The molecule has 1 aliphatic rings. The van der Waals surface area contributed by atoms with E-state index in [0.29, 0.717) is 0 Å². The lowest BCUT2D eigenvalue weighted by Crippen LogP contribution is -2.30. The van der Waals surface area contributed by atoms with Crippen molar-refractivity contribution in [1.82, 2.24) is 0 Å².